The van der Waals surface area contributed by atoms with Crippen LogP contribution in [0, 0.1) is 12.8 Å². The Labute approximate surface area is 123 Å². The number of hydrogen-bond donors (Lipinski definition) is 2. The van der Waals surface area contributed by atoms with Gasteiger partial charge in [0.1, 0.15) is 5.82 Å². The largest absolute Gasteiger partial charge is 0.338 e. The number of aromatic nitrogens is 3. The topological polar surface area (TPSA) is 87.9 Å². The van der Waals surface area contributed by atoms with Crippen molar-refractivity contribution in [1.82, 2.24) is 20.1 Å². The Morgan fingerprint density at radius 3 is 3.05 bits per heavy atom. The van der Waals surface area contributed by atoms with Crippen LogP contribution >= 0.6 is 0 Å². The number of nitrogens with one attached hydrogen (secondary N) is 1. The third kappa shape index (κ3) is 2.80. The lowest BCUT2D eigenvalue weighted by atomic mass is 10.1. The van der Waals surface area contributed by atoms with Gasteiger partial charge < -0.3 is 10.6 Å². The standard InChI is InChI=1S/C15H19N5O/c1-10-17-14(19-18-10)12-3-2-4-13(7-12)15(21)20-6-5-11(8-16)9-20/h2-4,7,11H,5-6,8-9,16H2,1H3,(H,17,18,19). The van der Waals surface area contributed by atoms with Crippen LogP contribution in [0.3, 0.4) is 0 Å². The highest BCUT2D eigenvalue weighted by molar-refractivity contribution is 5.95. The molecule has 0 spiro atoms. The zero-order valence-electron chi connectivity index (χ0n) is 12.0. The smallest absolute Gasteiger partial charge is 0.253 e. The van der Waals surface area contributed by atoms with Crippen LogP contribution in [0.4, 0.5) is 0 Å². The second kappa shape index (κ2) is 5.65. The number of nitrogens with two attached hydrogens (primary N) is 1. The molecule has 6 nitrogen and oxygen atoms in total. The summed E-state index contributed by atoms with van der Waals surface area (Å²) < 4.78 is 0. The maximum atomic E-state index is 12.5. The molecule has 0 radical (unpaired) electrons. The van der Waals surface area contributed by atoms with Crippen LogP contribution in [0.5, 0.6) is 0 Å². The summed E-state index contributed by atoms with van der Waals surface area (Å²) in [6, 6.07) is 7.46. The molecule has 1 unspecified atom stereocenters. The number of rotatable bonds is 3. The van der Waals surface area contributed by atoms with Gasteiger partial charge in [0.25, 0.3) is 5.91 Å². The SMILES string of the molecule is Cc1nc(-c2cccc(C(=O)N3CCC(CN)C3)c2)n[nH]1. The maximum absolute atomic E-state index is 12.5. The molecular weight excluding hydrogens is 266 g/mol. The minimum Gasteiger partial charge on any atom is -0.338 e. The first-order valence-electron chi connectivity index (χ1n) is 7.16. The highest BCUT2D eigenvalue weighted by Gasteiger charge is 2.26. The summed E-state index contributed by atoms with van der Waals surface area (Å²) >= 11 is 0. The van der Waals surface area contributed by atoms with Crippen molar-refractivity contribution < 1.29 is 4.79 Å². The zero-order valence-corrected chi connectivity index (χ0v) is 12.0. The fraction of sp³-hybridized carbons (Fsp3) is 0.400. The quantitative estimate of drug-likeness (QED) is 0.887. The summed E-state index contributed by atoms with van der Waals surface area (Å²) in [4.78, 5) is 18.7. The summed E-state index contributed by atoms with van der Waals surface area (Å²) in [5.41, 5.74) is 7.20. The van der Waals surface area contributed by atoms with E-state index >= 15 is 0 Å². The van der Waals surface area contributed by atoms with Crippen LogP contribution in [0.2, 0.25) is 0 Å². The first kappa shape index (κ1) is 13.8. The highest BCUT2D eigenvalue weighted by Crippen LogP contribution is 2.21. The third-order valence-corrected chi connectivity index (χ3v) is 3.87. The zero-order chi connectivity index (χ0) is 14.8. The van der Waals surface area contributed by atoms with E-state index in [9.17, 15) is 4.79 Å². The Hall–Kier alpha value is -2.21. The second-order valence-electron chi connectivity index (χ2n) is 5.47. The number of aromatic amines is 1. The Morgan fingerprint density at radius 1 is 1.52 bits per heavy atom. The number of aryl methyl sites for hydroxylation is 1. The molecule has 1 aromatic heterocycles. The van der Waals surface area contributed by atoms with Gasteiger partial charge in [-0.1, -0.05) is 12.1 Å². The first-order valence-corrected chi connectivity index (χ1v) is 7.16. The normalized spacial score (nSPS) is 18.2. The van der Waals surface area contributed by atoms with Gasteiger partial charge in [0.05, 0.1) is 0 Å². The number of carbonyl (C=O) groups is 1. The molecule has 1 fully saturated rings. The monoisotopic (exact) mass is 285 g/mol. The molecule has 1 amide bonds. The van der Waals surface area contributed by atoms with Gasteiger partial charge in [-0.3, -0.25) is 9.89 Å². The van der Waals surface area contributed by atoms with Crippen molar-refractivity contribution in [3.63, 3.8) is 0 Å². The van der Waals surface area contributed by atoms with Crippen molar-refractivity contribution in [2.24, 2.45) is 11.7 Å². The summed E-state index contributed by atoms with van der Waals surface area (Å²) in [7, 11) is 0. The lowest BCUT2D eigenvalue weighted by molar-refractivity contribution is 0.0787. The molecule has 0 bridgehead atoms. The third-order valence-electron chi connectivity index (χ3n) is 3.87. The van der Waals surface area contributed by atoms with Gasteiger partial charge in [-0.2, -0.15) is 5.10 Å². The second-order valence-corrected chi connectivity index (χ2v) is 5.47. The van der Waals surface area contributed by atoms with Crippen molar-refractivity contribution in [1.29, 1.82) is 0 Å². The molecule has 0 saturated carbocycles. The molecule has 3 N–H and O–H groups in total. The van der Waals surface area contributed by atoms with Crippen molar-refractivity contribution >= 4 is 5.91 Å². The molecule has 1 aromatic carbocycles. The van der Waals surface area contributed by atoms with Crippen LogP contribution in [-0.4, -0.2) is 45.6 Å². The molecule has 2 aromatic rings. The first-order chi connectivity index (χ1) is 10.2. The number of H-pyrrole nitrogens is 1. The van der Waals surface area contributed by atoms with Gasteiger partial charge >= 0.3 is 0 Å². The van der Waals surface area contributed by atoms with E-state index < -0.39 is 0 Å². The van der Waals surface area contributed by atoms with Gasteiger partial charge in [0.15, 0.2) is 5.82 Å². The fourth-order valence-corrected chi connectivity index (χ4v) is 2.66. The Balaban J connectivity index is 1.81. The summed E-state index contributed by atoms with van der Waals surface area (Å²) in [6.07, 6.45) is 0.988. The lowest BCUT2D eigenvalue weighted by Crippen LogP contribution is -2.29. The molecule has 0 aliphatic carbocycles. The van der Waals surface area contributed by atoms with E-state index in [0.717, 1.165) is 30.9 Å². The van der Waals surface area contributed by atoms with Gasteiger partial charge in [-0.15, -0.1) is 0 Å². The van der Waals surface area contributed by atoms with Gasteiger partial charge in [-0.25, -0.2) is 4.98 Å². The molecule has 1 saturated heterocycles. The molecule has 1 aliphatic rings. The average molecular weight is 285 g/mol. The van der Waals surface area contributed by atoms with E-state index in [0.29, 0.717) is 23.9 Å². The molecule has 2 heterocycles. The van der Waals surface area contributed by atoms with Crippen LogP contribution in [0.15, 0.2) is 24.3 Å². The van der Waals surface area contributed by atoms with Crippen LogP contribution in [0.1, 0.15) is 22.6 Å². The fourth-order valence-electron chi connectivity index (χ4n) is 2.66. The van der Waals surface area contributed by atoms with E-state index in [-0.39, 0.29) is 5.91 Å². The minimum atomic E-state index is 0.0556. The molecule has 21 heavy (non-hydrogen) atoms. The number of hydrogen-bond acceptors (Lipinski definition) is 4. The van der Waals surface area contributed by atoms with E-state index in [1.54, 1.807) is 0 Å². The van der Waals surface area contributed by atoms with E-state index in [4.69, 9.17) is 5.73 Å². The molecular formula is C15H19N5O. The van der Waals surface area contributed by atoms with Gasteiger partial charge in [-0.05, 0) is 37.9 Å². The number of benzene rings is 1. The molecule has 1 atom stereocenters. The predicted molar refractivity (Wildman–Crippen MR) is 79.6 cm³/mol. The van der Waals surface area contributed by atoms with Crippen molar-refractivity contribution in [2.75, 3.05) is 19.6 Å². The Morgan fingerprint density at radius 2 is 2.38 bits per heavy atom. The van der Waals surface area contributed by atoms with Crippen molar-refractivity contribution in [3.05, 3.63) is 35.7 Å². The average Bonchev–Trinajstić information content (AvgIpc) is 3.15. The maximum Gasteiger partial charge on any atom is 0.253 e. The number of likely N-dealkylation sites (tertiary alicyclic amines) is 1. The summed E-state index contributed by atoms with van der Waals surface area (Å²) in [5, 5.41) is 6.95. The number of carbonyl (C=O) groups excluding carboxylic acids is 1. The van der Waals surface area contributed by atoms with Gasteiger partial charge in [0, 0.05) is 24.2 Å². The van der Waals surface area contributed by atoms with Crippen molar-refractivity contribution in [2.45, 2.75) is 13.3 Å². The molecule has 6 heteroatoms. The van der Waals surface area contributed by atoms with Crippen LogP contribution in [-0.2, 0) is 0 Å². The van der Waals surface area contributed by atoms with E-state index in [2.05, 4.69) is 15.2 Å². The lowest BCUT2D eigenvalue weighted by Gasteiger charge is -2.16. The number of nitrogens with zero attached hydrogens (tertiary/aromatic N) is 3. The molecule has 110 valence electrons. The van der Waals surface area contributed by atoms with E-state index in [1.807, 2.05) is 36.1 Å². The molecule has 3 rings (SSSR count). The van der Waals surface area contributed by atoms with Crippen LogP contribution < -0.4 is 5.73 Å². The van der Waals surface area contributed by atoms with Crippen LogP contribution in [0.25, 0.3) is 11.4 Å². The summed E-state index contributed by atoms with van der Waals surface area (Å²) in [5.74, 6) is 1.85. The molecule has 1 aliphatic heterocycles. The minimum absolute atomic E-state index is 0.0556. The Bertz CT molecular complexity index is 651. The van der Waals surface area contributed by atoms with E-state index in [1.165, 1.54) is 0 Å². The van der Waals surface area contributed by atoms with Gasteiger partial charge in [0.2, 0.25) is 0 Å². The summed E-state index contributed by atoms with van der Waals surface area (Å²) in [6.45, 7) is 4.02. The number of amides is 1. The Kier molecular flexibility index (Phi) is 3.70. The predicted octanol–water partition coefficient (Wildman–Crippen LogP) is 1.20. The van der Waals surface area contributed by atoms with Crippen molar-refractivity contribution in [3.8, 4) is 11.4 Å². The highest BCUT2D eigenvalue weighted by atomic mass is 16.2.